The van der Waals surface area contributed by atoms with E-state index in [0.29, 0.717) is 32.1 Å². The van der Waals surface area contributed by atoms with Crippen molar-refractivity contribution < 1.29 is 19.4 Å². The minimum Gasteiger partial charge on any atom is -0.480 e. The van der Waals surface area contributed by atoms with Crippen molar-refractivity contribution >= 4 is 11.9 Å². The Morgan fingerprint density at radius 3 is 2.47 bits per heavy atom. The lowest BCUT2D eigenvalue weighted by Crippen LogP contribution is -2.57. The maximum atomic E-state index is 11.5. The molecule has 17 heavy (non-hydrogen) atoms. The molecular formula is C11H18N2O4. The molecule has 0 spiro atoms. The van der Waals surface area contributed by atoms with Crippen LogP contribution in [-0.2, 0) is 14.3 Å². The molecule has 1 saturated heterocycles. The highest BCUT2D eigenvalue weighted by Gasteiger charge is 2.40. The van der Waals surface area contributed by atoms with Crippen molar-refractivity contribution in [2.45, 2.75) is 37.3 Å². The van der Waals surface area contributed by atoms with Gasteiger partial charge in [-0.15, -0.1) is 0 Å². The number of carbonyl (C=O) groups excluding carboxylic acids is 1. The van der Waals surface area contributed by atoms with Gasteiger partial charge in [-0.2, -0.15) is 0 Å². The Bertz CT molecular complexity index is 309. The van der Waals surface area contributed by atoms with E-state index in [9.17, 15) is 14.7 Å². The second kappa shape index (κ2) is 5.01. The van der Waals surface area contributed by atoms with Gasteiger partial charge in [0, 0.05) is 19.3 Å². The standard InChI is InChI=1S/C11H18N2O4/c14-9(13-8-1-2-8)7-12-11(10(15)16)3-5-17-6-4-11/h8,12H,1-7H2,(H,13,14)(H,15,16). The van der Waals surface area contributed by atoms with E-state index in [4.69, 9.17) is 4.74 Å². The number of rotatable bonds is 5. The van der Waals surface area contributed by atoms with Crippen LogP contribution < -0.4 is 10.6 Å². The maximum absolute atomic E-state index is 11.5. The first-order chi connectivity index (χ1) is 8.12. The Balaban J connectivity index is 1.83. The normalized spacial score (nSPS) is 23.1. The van der Waals surface area contributed by atoms with E-state index in [-0.39, 0.29) is 12.5 Å². The SMILES string of the molecule is O=C(CNC1(C(=O)O)CCOCC1)NC1CC1. The van der Waals surface area contributed by atoms with Crippen LogP contribution in [0.2, 0.25) is 0 Å². The summed E-state index contributed by atoms with van der Waals surface area (Å²) in [6.45, 7) is 0.899. The van der Waals surface area contributed by atoms with E-state index in [1.54, 1.807) is 0 Å². The zero-order valence-electron chi connectivity index (χ0n) is 9.70. The molecule has 3 N–H and O–H groups in total. The van der Waals surface area contributed by atoms with Gasteiger partial charge >= 0.3 is 5.97 Å². The fourth-order valence-electron chi connectivity index (χ4n) is 1.94. The molecule has 96 valence electrons. The number of hydrogen-bond donors (Lipinski definition) is 3. The van der Waals surface area contributed by atoms with Gasteiger partial charge in [0.25, 0.3) is 0 Å². The van der Waals surface area contributed by atoms with E-state index in [0.717, 1.165) is 12.8 Å². The van der Waals surface area contributed by atoms with Crippen molar-refractivity contribution in [3.8, 4) is 0 Å². The van der Waals surface area contributed by atoms with Crippen molar-refractivity contribution in [1.82, 2.24) is 10.6 Å². The molecule has 2 rings (SSSR count). The molecule has 1 amide bonds. The molecule has 1 aliphatic heterocycles. The molecule has 0 atom stereocenters. The second-order valence-electron chi connectivity index (χ2n) is 4.69. The van der Waals surface area contributed by atoms with Crippen LogP contribution in [0.4, 0.5) is 0 Å². The lowest BCUT2D eigenvalue weighted by Gasteiger charge is -2.33. The monoisotopic (exact) mass is 242 g/mol. The molecule has 2 fully saturated rings. The first-order valence-electron chi connectivity index (χ1n) is 5.98. The van der Waals surface area contributed by atoms with Crippen LogP contribution in [0, 0.1) is 0 Å². The summed E-state index contributed by atoms with van der Waals surface area (Å²) in [4.78, 5) is 22.8. The summed E-state index contributed by atoms with van der Waals surface area (Å²) in [5.74, 6) is -1.03. The molecule has 1 heterocycles. The summed E-state index contributed by atoms with van der Waals surface area (Å²) in [6.07, 6.45) is 2.87. The summed E-state index contributed by atoms with van der Waals surface area (Å²) in [5, 5.41) is 14.9. The van der Waals surface area contributed by atoms with Gasteiger partial charge in [-0.1, -0.05) is 0 Å². The van der Waals surface area contributed by atoms with Crippen molar-refractivity contribution in [3.05, 3.63) is 0 Å². The number of carboxylic acids is 1. The molecule has 0 aromatic carbocycles. The zero-order valence-corrected chi connectivity index (χ0v) is 9.70. The van der Waals surface area contributed by atoms with Gasteiger partial charge in [0.1, 0.15) is 5.54 Å². The van der Waals surface area contributed by atoms with Crippen LogP contribution in [0.5, 0.6) is 0 Å². The molecule has 1 saturated carbocycles. The highest BCUT2D eigenvalue weighted by molar-refractivity contribution is 5.82. The molecule has 6 nitrogen and oxygen atoms in total. The van der Waals surface area contributed by atoms with Crippen molar-refractivity contribution in [2.24, 2.45) is 0 Å². The van der Waals surface area contributed by atoms with Gasteiger partial charge in [-0.05, 0) is 25.7 Å². The smallest absolute Gasteiger partial charge is 0.324 e. The molecule has 6 heteroatoms. The number of nitrogens with one attached hydrogen (secondary N) is 2. The van der Waals surface area contributed by atoms with Crippen LogP contribution in [0.3, 0.4) is 0 Å². The third-order valence-electron chi connectivity index (χ3n) is 3.29. The van der Waals surface area contributed by atoms with Gasteiger partial charge < -0.3 is 15.2 Å². The predicted octanol–water partition coefficient (Wildman–Crippen LogP) is -0.512. The minimum absolute atomic E-state index is 0.0583. The average molecular weight is 242 g/mol. The third-order valence-corrected chi connectivity index (χ3v) is 3.29. The fraction of sp³-hybridized carbons (Fsp3) is 0.818. The highest BCUT2D eigenvalue weighted by atomic mass is 16.5. The first-order valence-corrected chi connectivity index (χ1v) is 5.98. The van der Waals surface area contributed by atoms with Gasteiger partial charge in [0.05, 0.1) is 6.54 Å². The lowest BCUT2D eigenvalue weighted by molar-refractivity contribution is -0.149. The number of aliphatic carboxylic acids is 1. The Morgan fingerprint density at radius 1 is 1.29 bits per heavy atom. The van der Waals surface area contributed by atoms with Gasteiger partial charge in [-0.25, -0.2) is 0 Å². The maximum Gasteiger partial charge on any atom is 0.324 e. The van der Waals surface area contributed by atoms with Crippen LogP contribution >= 0.6 is 0 Å². The molecule has 0 radical (unpaired) electrons. The van der Waals surface area contributed by atoms with E-state index < -0.39 is 11.5 Å². The average Bonchev–Trinajstić information content (AvgIpc) is 3.11. The zero-order chi connectivity index (χ0) is 12.3. The molecule has 1 aliphatic carbocycles. The minimum atomic E-state index is -1.00. The number of carboxylic acid groups (broad SMARTS) is 1. The summed E-state index contributed by atoms with van der Waals surface area (Å²) in [7, 11) is 0. The number of ether oxygens (including phenoxy) is 1. The van der Waals surface area contributed by atoms with Crippen LogP contribution in [0.15, 0.2) is 0 Å². The largest absolute Gasteiger partial charge is 0.480 e. The Kier molecular flexibility index (Phi) is 3.63. The number of amides is 1. The van der Waals surface area contributed by atoms with Crippen LogP contribution in [0.1, 0.15) is 25.7 Å². The first kappa shape index (κ1) is 12.3. The van der Waals surface area contributed by atoms with Crippen LogP contribution in [-0.4, -0.2) is 48.3 Å². The molecule has 0 aromatic rings. The van der Waals surface area contributed by atoms with Crippen molar-refractivity contribution in [1.29, 1.82) is 0 Å². The molecule has 2 aliphatic rings. The highest BCUT2D eigenvalue weighted by Crippen LogP contribution is 2.21. The summed E-state index contributed by atoms with van der Waals surface area (Å²) in [6, 6.07) is 0.305. The molecule has 0 unspecified atom stereocenters. The Labute approximate surface area is 99.7 Å². The van der Waals surface area contributed by atoms with E-state index in [1.807, 2.05) is 0 Å². The second-order valence-corrected chi connectivity index (χ2v) is 4.69. The van der Waals surface area contributed by atoms with E-state index in [2.05, 4.69) is 10.6 Å². The van der Waals surface area contributed by atoms with E-state index >= 15 is 0 Å². The predicted molar refractivity (Wildman–Crippen MR) is 59.6 cm³/mol. The summed E-state index contributed by atoms with van der Waals surface area (Å²) < 4.78 is 5.15. The molecule has 0 bridgehead atoms. The summed E-state index contributed by atoms with van der Waals surface area (Å²) in [5.41, 5.74) is -1.00. The summed E-state index contributed by atoms with van der Waals surface area (Å²) >= 11 is 0. The topological polar surface area (TPSA) is 87.7 Å². The Hall–Kier alpha value is -1.14. The molecular weight excluding hydrogens is 224 g/mol. The van der Waals surface area contributed by atoms with E-state index in [1.165, 1.54) is 0 Å². The third kappa shape index (κ3) is 3.17. The van der Waals surface area contributed by atoms with Gasteiger partial charge in [0.15, 0.2) is 0 Å². The Morgan fingerprint density at radius 2 is 1.94 bits per heavy atom. The van der Waals surface area contributed by atoms with Crippen LogP contribution in [0.25, 0.3) is 0 Å². The lowest BCUT2D eigenvalue weighted by atomic mass is 9.90. The number of hydrogen-bond acceptors (Lipinski definition) is 4. The number of carbonyl (C=O) groups is 2. The quantitative estimate of drug-likeness (QED) is 0.604. The van der Waals surface area contributed by atoms with Gasteiger partial charge in [-0.3, -0.25) is 14.9 Å². The molecule has 0 aromatic heterocycles. The van der Waals surface area contributed by atoms with Gasteiger partial charge in [0.2, 0.25) is 5.91 Å². The van der Waals surface area contributed by atoms with Crippen molar-refractivity contribution in [2.75, 3.05) is 19.8 Å². The van der Waals surface area contributed by atoms with Crippen molar-refractivity contribution in [3.63, 3.8) is 0 Å². The fourth-order valence-corrected chi connectivity index (χ4v) is 1.94.